The van der Waals surface area contributed by atoms with E-state index in [2.05, 4.69) is 0 Å². The first-order valence-electron chi connectivity index (χ1n) is 5.00. The summed E-state index contributed by atoms with van der Waals surface area (Å²) in [5, 5.41) is 0. The molecular formula is C12H13FO3. The molecule has 0 aliphatic heterocycles. The molecule has 0 atom stereocenters. The van der Waals surface area contributed by atoms with E-state index in [-0.39, 0.29) is 11.3 Å². The summed E-state index contributed by atoms with van der Waals surface area (Å²) in [6.45, 7) is 1.84. The van der Waals surface area contributed by atoms with Crippen LogP contribution in [0, 0.1) is 5.82 Å². The smallest absolute Gasteiger partial charge is 0.150 e. The zero-order chi connectivity index (χ0) is 12.0. The first kappa shape index (κ1) is 12.4. The van der Waals surface area contributed by atoms with Gasteiger partial charge in [-0.3, -0.25) is 4.79 Å². The van der Waals surface area contributed by atoms with Gasteiger partial charge < -0.3 is 9.53 Å². The molecule has 0 saturated carbocycles. The van der Waals surface area contributed by atoms with Crippen molar-refractivity contribution in [1.82, 2.24) is 0 Å². The number of carbonyl (C=O) groups excluding carboxylic acids is 2. The van der Waals surface area contributed by atoms with Crippen LogP contribution in [-0.2, 0) is 4.79 Å². The van der Waals surface area contributed by atoms with E-state index in [0.29, 0.717) is 31.5 Å². The standard InChI is InChI=1S/C12H13FO3/c1-9(15)3-2-4-16-12-6-10(8-14)5-11(13)7-12/h5-8H,2-4H2,1H3. The Morgan fingerprint density at radius 3 is 2.81 bits per heavy atom. The van der Waals surface area contributed by atoms with E-state index in [1.807, 2.05) is 0 Å². The second-order valence-electron chi connectivity index (χ2n) is 3.49. The van der Waals surface area contributed by atoms with E-state index in [9.17, 15) is 14.0 Å². The van der Waals surface area contributed by atoms with Gasteiger partial charge in [-0.1, -0.05) is 0 Å². The molecule has 0 aromatic heterocycles. The normalized spacial score (nSPS) is 9.88. The van der Waals surface area contributed by atoms with Crippen molar-refractivity contribution in [2.45, 2.75) is 19.8 Å². The molecule has 0 unspecified atom stereocenters. The molecule has 1 aromatic carbocycles. The number of hydrogen-bond donors (Lipinski definition) is 0. The number of hydrogen-bond acceptors (Lipinski definition) is 3. The number of rotatable bonds is 6. The Kier molecular flexibility index (Phi) is 4.64. The molecule has 0 amide bonds. The van der Waals surface area contributed by atoms with Crippen molar-refractivity contribution in [2.24, 2.45) is 0 Å². The van der Waals surface area contributed by atoms with Crippen LogP contribution in [0.2, 0.25) is 0 Å². The first-order chi connectivity index (χ1) is 7.61. The third-order valence-electron chi connectivity index (χ3n) is 1.97. The fourth-order valence-corrected chi connectivity index (χ4v) is 1.25. The molecule has 4 heteroatoms. The topological polar surface area (TPSA) is 43.4 Å². The van der Waals surface area contributed by atoms with E-state index < -0.39 is 5.82 Å². The van der Waals surface area contributed by atoms with Crippen LogP contribution in [0.1, 0.15) is 30.1 Å². The van der Waals surface area contributed by atoms with Gasteiger partial charge in [-0.15, -0.1) is 0 Å². The Bertz CT molecular complexity index is 388. The maximum absolute atomic E-state index is 13.0. The van der Waals surface area contributed by atoms with E-state index in [4.69, 9.17) is 4.74 Å². The van der Waals surface area contributed by atoms with Crippen LogP contribution in [0.3, 0.4) is 0 Å². The zero-order valence-corrected chi connectivity index (χ0v) is 9.03. The van der Waals surface area contributed by atoms with Crippen LogP contribution in [-0.4, -0.2) is 18.7 Å². The summed E-state index contributed by atoms with van der Waals surface area (Å²) in [4.78, 5) is 21.1. The van der Waals surface area contributed by atoms with E-state index >= 15 is 0 Å². The van der Waals surface area contributed by atoms with Gasteiger partial charge in [-0.05, 0) is 25.5 Å². The highest BCUT2D eigenvalue weighted by Gasteiger charge is 2.01. The number of aldehydes is 1. The molecule has 1 aromatic rings. The van der Waals surface area contributed by atoms with Gasteiger partial charge in [0.05, 0.1) is 6.61 Å². The van der Waals surface area contributed by atoms with Crippen molar-refractivity contribution >= 4 is 12.1 Å². The number of ether oxygens (including phenoxy) is 1. The number of ketones is 1. The summed E-state index contributed by atoms with van der Waals surface area (Å²) in [5.74, 6) is -0.103. The molecule has 86 valence electrons. The first-order valence-corrected chi connectivity index (χ1v) is 5.00. The lowest BCUT2D eigenvalue weighted by Crippen LogP contribution is -2.01. The van der Waals surface area contributed by atoms with Gasteiger partial charge in [0.25, 0.3) is 0 Å². The van der Waals surface area contributed by atoms with Gasteiger partial charge in [0, 0.05) is 18.1 Å². The molecular weight excluding hydrogens is 211 g/mol. The highest BCUT2D eigenvalue weighted by Crippen LogP contribution is 2.15. The molecule has 0 aliphatic carbocycles. The minimum atomic E-state index is -0.508. The highest BCUT2D eigenvalue weighted by molar-refractivity contribution is 5.75. The lowest BCUT2D eigenvalue weighted by molar-refractivity contribution is -0.117. The average Bonchev–Trinajstić information content (AvgIpc) is 2.23. The Balaban J connectivity index is 2.50. The van der Waals surface area contributed by atoms with Gasteiger partial charge in [0.2, 0.25) is 0 Å². The van der Waals surface area contributed by atoms with Gasteiger partial charge in [-0.25, -0.2) is 4.39 Å². The average molecular weight is 224 g/mol. The molecule has 0 saturated heterocycles. The highest BCUT2D eigenvalue weighted by atomic mass is 19.1. The van der Waals surface area contributed by atoms with Crippen molar-refractivity contribution < 1.29 is 18.7 Å². The lowest BCUT2D eigenvalue weighted by atomic mass is 10.2. The van der Waals surface area contributed by atoms with Crippen LogP contribution in [0.5, 0.6) is 5.75 Å². The van der Waals surface area contributed by atoms with Crippen LogP contribution >= 0.6 is 0 Å². The van der Waals surface area contributed by atoms with E-state index in [1.54, 1.807) is 0 Å². The van der Waals surface area contributed by atoms with Crippen LogP contribution in [0.25, 0.3) is 0 Å². The predicted molar refractivity (Wildman–Crippen MR) is 57.2 cm³/mol. The Morgan fingerprint density at radius 2 is 2.19 bits per heavy atom. The lowest BCUT2D eigenvalue weighted by Gasteiger charge is -2.05. The third kappa shape index (κ3) is 4.21. The molecule has 0 radical (unpaired) electrons. The van der Waals surface area contributed by atoms with Crippen molar-refractivity contribution in [3.05, 3.63) is 29.6 Å². The third-order valence-corrected chi connectivity index (χ3v) is 1.97. The van der Waals surface area contributed by atoms with Crippen molar-refractivity contribution in [3.8, 4) is 5.75 Å². The van der Waals surface area contributed by atoms with Gasteiger partial charge in [0.1, 0.15) is 23.6 Å². The number of halogens is 1. The van der Waals surface area contributed by atoms with Crippen LogP contribution < -0.4 is 4.74 Å². The maximum Gasteiger partial charge on any atom is 0.150 e. The van der Waals surface area contributed by atoms with Crippen LogP contribution in [0.4, 0.5) is 4.39 Å². The fourth-order valence-electron chi connectivity index (χ4n) is 1.25. The maximum atomic E-state index is 13.0. The quantitative estimate of drug-likeness (QED) is 0.550. The van der Waals surface area contributed by atoms with E-state index in [0.717, 1.165) is 6.07 Å². The summed E-state index contributed by atoms with van der Waals surface area (Å²) >= 11 is 0. The molecule has 0 N–H and O–H groups in total. The Morgan fingerprint density at radius 1 is 1.44 bits per heavy atom. The predicted octanol–water partition coefficient (Wildman–Crippen LogP) is 2.39. The van der Waals surface area contributed by atoms with Crippen LogP contribution in [0.15, 0.2) is 18.2 Å². The van der Waals surface area contributed by atoms with Gasteiger partial charge >= 0.3 is 0 Å². The largest absolute Gasteiger partial charge is 0.493 e. The van der Waals surface area contributed by atoms with Crippen molar-refractivity contribution in [3.63, 3.8) is 0 Å². The molecule has 0 fully saturated rings. The number of benzene rings is 1. The second kappa shape index (κ2) is 6.00. The van der Waals surface area contributed by atoms with E-state index in [1.165, 1.54) is 19.1 Å². The zero-order valence-electron chi connectivity index (χ0n) is 9.03. The summed E-state index contributed by atoms with van der Waals surface area (Å²) in [5.41, 5.74) is 0.238. The molecule has 0 aliphatic rings. The molecule has 0 bridgehead atoms. The summed E-state index contributed by atoms with van der Waals surface area (Å²) in [7, 11) is 0. The van der Waals surface area contributed by atoms with Gasteiger partial charge in [0.15, 0.2) is 0 Å². The summed E-state index contributed by atoms with van der Waals surface area (Å²) < 4.78 is 18.2. The molecule has 0 heterocycles. The minimum absolute atomic E-state index is 0.0939. The van der Waals surface area contributed by atoms with Gasteiger partial charge in [-0.2, -0.15) is 0 Å². The molecule has 1 rings (SSSR count). The Hall–Kier alpha value is -1.71. The fraction of sp³-hybridized carbons (Fsp3) is 0.333. The molecule has 3 nitrogen and oxygen atoms in total. The van der Waals surface area contributed by atoms with Crippen molar-refractivity contribution in [1.29, 1.82) is 0 Å². The second-order valence-corrected chi connectivity index (χ2v) is 3.49. The number of Topliss-reactive ketones (excluding diaryl/α,β-unsaturated/α-hetero) is 1. The summed E-state index contributed by atoms with van der Waals surface area (Å²) in [6.07, 6.45) is 1.59. The SMILES string of the molecule is CC(=O)CCCOc1cc(F)cc(C=O)c1. The molecule has 16 heavy (non-hydrogen) atoms. The van der Waals surface area contributed by atoms with Crippen molar-refractivity contribution in [2.75, 3.05) is 6.61 Å². The monoisotopic (exact) mass is 224 g/mol. The Labute approximate surface area is 93.2 Å². The molecule has 0 spiro atoms. The minimum Gasteiger partial charge on any atom is -0.493 e. The number of carbonyl (C=O) groups is 2. The summed E-state index contributed by atoms with van der Waals surface area (Å²) in [6, 6.07) is 3.81.